The van der Waals surface area contributed by atoms with Gasteiger partial charge in [0.1, 0.15) is 0 Å². The molecule has 0 bridgehead atoms. The number of ether oxygens (including phenoxy) is 2. The molecule has 0 saturated carbocycles. The van der Waals surface area contributed by atoms with Crippen molar-refractivity contribution in [3.05, 3.63) is 35.9 Å². The zero-order valence-corrected chi connectivity index (χ0v) is 9.79. The van der Waals surface area contributed by atoms with E-state index in [1.54, 1.807) is 0 Å². The summed E-state index contributed by atoms with van der Waals surface area (Å²) in [6.07, 6.45) is 0.474. The molecule has 3 N–H and O–H groups in total. The molecule has 1 aromatic carbocycles. The minimum Gasteiger partial charge on any atom is -0.394 e. The van der Waals surface area contributed by atoms with Crippen LogP contribution in [0, 0.1) is 0 Å². The van der Waals surface area contributed by atoms with E-state index in [1.807, 2.05) is 30.3 Å². The molecule has 1 aromatic rings. The predicted molar refractivity (Wildman–Crippen MR) is 64.4 cm³/mol. The van der Waals surface area contributed by atoms with E-state index in [1.165, 1.54) is 0 Å². The van der Waals surface area contributed by atoms with Gasteiger partial charge in [-0.25, -0.2) is 0 Å². The monoisotopic (exact) mass is 237 g/mol. The van der Waals surface area contributed by atoms with Gasteiger partial charge in [0.15, 0.2) is 0 Å². The first-order valence-electron chi connectivity index (χ1n) is 5.93. The highest BCUT2D eigenvalue weighted by molar-refractivity contribution is 5.13. The lowest BCUT2D eigenvalue weighted by Gasteiger charge is -2.33. The molecule has 0 radical (unpaired) electrons. The Bertz CT molecular complexity index is 331. The van der Waals surface area contributed by atoms with E-state index in [0.29, 0.717) is 19.6 Å². The maximum Gasteiger partial charge on any atom is 0.0831 e. The van der Waals surface area contributed by atoms with Crippen molar-refractivity contribution in [2.45, 2.75) is 31.3 Å². The smallest absolute Gasteiger partial charge is 0.0831 e. The lowest BCUT2D eigenvalue weighted by atomic mass is 10.0. The molecule has 1 heterocycles. The van der Waals surface area contributed by atoms with Gasteiger partial charge in [0.25, 0.3) is 0 Å². The molecule has 1 saturated heterocycles. The summed E-state index contributed by atoms with van der Waals surface area (Å²) in [5.41, 5.74) is 7.06. The number of hydrogen-bond donors (Lipinski definition) is 2. The van der Waals surface area contributed by atoms with Gasteiger partial charge in [-0.3, -0.25) is 0 Å². The minimum absolute atomic E-state index is 0.0257. The largest absolute Gasteiger partial charge is 0.394 e. The number of benzene rings is 1. The Hall–Kier alpha value is -0.940. The number of aliphatic hydroxyl groups excluding tert-OH is 1. The average Bonchev–Trinajstić information content (AvgIpc) is 2.39. The van der Waals surface area contributed by atoms with Crippen LogP contribution in [-0.2, 0) is 16.1 Å². The average molecular weight is 237 g/mol. The maximum atomic E-state index is 9.06. The summed E-state index contributed by atoms with van der Waals surface area (Å²) in [4.78, 5) is 0. The second-order valence-corrected chi connectivity index (χ2v) is 4.37. The number of nitrogens with two attached hydrogens (primary N) is 1. The third-order valence-corrected chi connectivity index (χ3v) is 3.01. The van der Waals surface area contributed by atoms with E-state index in [4.69, 9.17) is 20.3 Å². The highest BCUT2D eigenvalue weighted by atomic mass is 16.5. The number of hydrogen-bond acceptors (Lipinski definition) is 4. The van der Waals surface area contributed by atoms with Crippen LogP contribution in [0.15, 0.2) is 30.3 Å². The number of aliphatic hydroxyl groups is 1. The van der Waals surface area contributed by atoms with Crippen LogP contribution in [0.2, 0.25) is 0 Å². The molecular formula is C13H19NO3. The topological polar surface area (TPSA) is 64.7 Å². The molecule has 17 heavy (non-hydrogen) atoms. The van der Waals surface area contributed by atoms with Crippen LogP contribution >= 0.6 is 0 Å². The van der Waals surface area contributed by atoms with Gasteiger partial charge in [0, 0.05) is 6.42 Å². The Balaban J connectivity index is 1.85. The van der Waals surface area contributed by atoms with Gasteiger partial charge in [0.05, 0.1) is 38.1 Å². The van der Waals surface area contributed by atoms with Crippen LogP contribution in [0.3, 0.4) is 0 Å². The Morgan fingerprint density at radius 1 is 1.35 bits per heavy atom. The van der Waals surface area contributed by atoms with E-state index >= 15 is 0 Å². The van der Waals surface area contributed by atoms with Crippen LogP contribution in [-0.4, -0.2) is 36.6 Å². The molecule has 0 aliphatic carbocycles. The van der Waals surface area contributed by atoms with Crippen molar-refractivity contribution in [2.75, 3.05) is 13.2 Å². The van der Waals surface area contributed by atoms with Crippen molar-refractivity contribution >= 4 is 0 Å². The fraction of sp³-hybridized carbons (Fsp3) is 0.538. The second kappa shape index (κ2) is 6.12. The molecule has 1 aliphatic rings. The molecule has 3 atom stereocenters. The third-order valence-electron chi connectivity index (χ3n) is 3.01. The normalized spacial score (nSPS) is 29.2. The maximum absolute atomic E-state index is 9.06. The quantitative estimate of drug-likeness (QED) is 0.808. The van der Waals surface area contributed by atoms with E-state index in [9.17, 15) is 0 Å². The first-order valence-corrected chi connectivity index (χ1v) is 5.93. The Morgan fingerprint density at radius 2 is 2.12 bits per heavy atom. The van der Waals surface area contributed by atoms with Crippen LogP contribution < -0.4 is 5.73 Å². The molecule has 4 heteroatoms. The SMILES string of the molecule is NC1COC(CO)C[C@@H]1OCc1ccccc1. The van der Waals surface area contributed by atoms with E-state index in [0.717, 1.165) is 5.56 Å². The van der Waals surface area contributed by atoms with Crippen LogP contribution in [0.1, 0.15) is 12.0 Å². The highest BCUT2D eigenvalue weighted by Crippen LogP contribution is 2.17. The van der Waals surface area contributed by atoms with Crippen molar-refractivity contribution < 1.29 is 14.6 Å². The molecule has 1 aliphatic heterocycles. The summed E-state index contributed by atoms with van der Waals surface area (Å²) in [6, 6.07) is 9.88. The fourth-order valence-corrected chi connectivity index (χ4v) is 1.95. The van der Waals surface area contributed by atoms with Gasteiger partial charge < -0.3 is 20.3 Å². The van der Waals surface area contributed by atoms with Crippen molar-refractivity contribution in [3.63, 3.8) is 0 Å². The van der Waals surface area contributed by atoms with Crippen LogP contribution in [0.25, 0.3) is 0 Å². The lowest BCUT2D eigenvalue weighted by Crippen LogP contribution is -2.48. The third kappa shape index (κ3) is 3.51. The lowest BCUT2D eigenvalue weighted by molar-refractivity contribution is -0.103. The highest BCUT2D eigenvalue weighted by Gasteiger charge is 2.29. The van der Waals surface area contributed by atoms with Gasteiger partial charge in [-0.2, -0.15) is 0 Å². The Kier molecular flexibility index (Phi) is 4.50. The van der Waals surface area contributed by atoms with Crippen molar-refractivity contribution in [2.24, 2.45) is 5.73 Å². The molecule has 4 nitrogen and oxygen atoms in total. The van der Waals surface area contributed by atoms with Crippen molar-refractivity contribution in [1.29, 1.82) is 0 Å². The first-order chi connectivity index (χ1) is 8.29. The molecule has 0 aromatic heterocycles. The van der Waals surface area contributed by atoms with Gasteiger partial charge in [-0.05, 0) is 5.56 Å². The summed E-state index contributed by atoms with van der Waals surface area (Å²) >= 11 is 0. The van der Waals surface area contributed by atoms with Gasteiger partial charge >= 0.3 is 0 Å². The van der Waals surface area contributed by atoms with E-state index in [-0.39, 0.29) is 24.9 Å². The minimum atomic E-state index is -0.143. The Labute approximate surface area is 101 Å². The summed E-state index contributed by atoms with van der Waals surface area (Å²) < 4.78 is 11.2. The van der Waals surface area contributed by atoms with Gasteiger partial charge in [0.2, 0.25) is 0 Å². The molecule has 2 unspecified atom stereocenters. The zero-order valence-electron chi connectivity index (χ0n) is 9.79. The van der Waals surface area contributed by atoms with Gasteiger partial charge in [-0.15, -0.1) is 0 Å². The molecule has 2 rings (SSSR count). The zero-order chi connectivity index (χ0) is 12.1. The summed E-state index contributed by atoms with van der Waals surface area (Å²) in [7, 11) is 0. The molecule has 0 amide bonds. The summed E-state index contributed by atoms with van der Waals surface area (Å²) in [5.74, 6) is 0. The molecule has 94 valence electrons. The number of rotatable bonds is 4. The Morgan fingerprint density at radius 3 is 2.82 bits per heavy atom. The van der Waals surface area contributed by atoms with Crippen LogP contribution in [0.5, 0.6) is 0 Å². The van der Waals surface area contributed by atoms with E-state index in [2.05, 4.69) is 0 Å². The predicted octanol–water partition coefficient (Wildman–Crippen LogP) is 0.680. The summed E-state index contributed by atoms with van der Waals surface area (Å²) in [6.45, 7) is 1.03. The van der Waals surface area contributed by atoms with Crippen LogP contribution in [0.4, 0.5) is 0 Å². The first kappa shape index (κ1) is 12.5. The van der Waals surface area contributed by atoms with E-state index < -0.39 is 0 Å². The van der Waals surface area contributed by atoms with Crippen molar-refractivity contribution in [1.82, 2.24) is 0 Å². The van der Waals surface area contributed by atoms with Gasteiger partial charge in [-0.1, -0.05) is 30.3 Å². The standard InChI is InChI=1S/C13H19NO3/c14-12-9-16-11(7-15)6-13(12)17-8-10-4-2-1-3-5-10/h1-5,11-13,15H,6-9,14H2/t11?,12?,13-/m0/s1. The second-order valence-electron chi connectivity index (χ2n) is 4.37. The van der Waals surface area contributed by atoms with Crippen molar-refractivity contribution in [3.8, 4) is 0 Å². The molecule has 0 spiro atoms. The fourth-order valence-electron chi connectivity index (χ4n) is 1.95. The molecular weight excluding hydrogens is 218 g/mol. The summed E-state index contributed by atoms with van der Waals surface area (Å²) in [5, 5.41) is 9.06. The molecule has 1 fully saturated rings.